The number of unbranched alkanes of at least 4 members (excludes halogenated alkanes) is 3. The summed E-state index contributed by atoms with van der Waals surface area (Å²) in [6.45, 7) is 2.29. The number of carbonyl (C=O) groups excluding carboxylic acids is 1. The Kier molecular flexibility index (Phi) is 7.73. The van der Waals surface area contributed by atoms with Crippen molar-refractivity contribution in [3.05, 3.63) is 39.4 Å². The molecule has 0 saturated carbocycles. The molecule has 0 heterocycles. The lowest BCUT2D eigenvalue weighted by Crippen LogP contribution is -2.24. The number of nitrogens with zero attached hydrogens (tertiary/aromatic N) is 1. The monoisotopic (exact) mass is 322 g/mol. The summed E-state index contributed by atoms with van der Waals surface area (Å²) in [4.78, 5) is 32.9. The number of carbonyl (C=O) groups is 2. The van der Waals surface area contributed by atoms with Crippen LogP contribution in [0, 0.1) is 10.1 Å². The maximum absolute atomic E-state index is 12.0. The highest BCUT2D eigenvalue weighted by atomic mass is 16.6. The van der Waals surface area contributed by atoms with Gasteiger partial charge in [0.15, 0.2) is 0 Å². The highest BCUT2D eigenvalue weighted by Crippen LogP contribution is 2.20. The quantitative estimate of drug-likeness (QED) is 0.391. The molecule has 0 aliphatic rings. The fraction of sp³-hybridized carbons (Fsp3) is 0.500. The number of carboxylic acids is 1. The number of benzene rings is 1. The van der Waals surface area contributed by atoms with Gasteiger partial charge in [-0.2, -0.15) is 0 Å². The van der Waals surface area contributed by atoms with Crippen molar-refractivity contribution in [2.45, 2.75) is 45.4 Å². The second kappa shape index (κ2) is 9.55. The van der Waals surface area contributed by atoms with Crippen LogP contribution in [-0.2, 0) is 11.2 Å². The predicted molar refractivity (Wildman–Crippen MR) is 85.5 cm³/mol. The number of aliphatic carboxylic acids is 1. The number of nitro benzene ring substituents is 1. The van der Waals surface area contributed by atoms with Crippen LogP contribution in [-0.4, -0.2) is 28.5 Å². The number of nitro groups is 1. The molecule has 0 aliphatic heterocycles. The highest BCUT2D eigenvalue weighted by Gasteiger charge is 2.16. The molecule has 0 aromatic heterocycles. The molecule has 1 rings (SSSR count). The molecule has 7 nitrogen and oxygen atoms in total. The molecule has 126 valence electrons. The van der Waals surface area contributed by atoms with Crippen molar-refractivity contribution in [3.63, 3.8) is 0 Å². The zero-order valence-corrected chi connectivity index (χ0v) is 13.2. The smallest absolute Gasteiger partial charge is 0.303 e. The van der Waals surface area contributed by atoms with Crippen molar-refractivity contribution in [2.75, 3.05) is 6.54 Å². The molecule has 1 aromatic carbocycles. The molecule has 0 aliphatic carbocycles. The molecule has 0 saturated heterocycles. The molecular formula is C16H22N2O5. The molecule has 7 heteroatoms. The van der Waals surface area contributed by atoms with Crippen molar-refractivity contribution < 1.29 is 19.6 Å². The number of hydrogen-bond donors (Lipinski definition) is 2. The van der Waals surface area contributed by atoms with E-state index in [1.54, 1.807) is 12.1 Å². The van der Waals surface area contributed by atoms with Crippen LogP contribution in [0.2, 0.25) is 0 Å². The fourth-order valence-corrected chi connectivity index (χ4v) is 2.23. The predicted octanol–water partition coefficient (Wildman–Crippen LogP) is 2.92. The van der Waals surface area contributed by atoms with E-state index >= 15 is 0 Å². The first kappa shape index (κ1) is 18.6. The highest BCUT2D eigenvalue weighted by molar-refractivity contribution is 5.94. The van der Waals surface area contributed by atoms with Gasteiger partial charge in [-0.1, -0.05) is 25.8 Å². The van der Waals surface area contributed by atoms with E-state index in [0.717, 1.165) is 19.3 Å². The normalized spacial score (nSPS) is 10.3. The van der Waals surface area contributed by atoms with Crippen LogP contribution in [0.15, 0.2) is 18.2 Å². The Morgan fingerprint density at radius 1 is 1.22 bits per heavy atom. The van der Waals surface area contributed by atoms with E-state index < -0.39 is 10.9 Å². The molecule has 0 spiro atoms. The van der Waals surface area contributed by atoms with E-state index in [9.17, 15) is 19.7 Å². The van der Waals surface area contributed by atoms with Gasteiger partial charge in [0.1, 0.15) is 0 Å². The van der Waals surface area contributed by atoms with Crippen molar-refractivity contribution in [1.82, 2.24) is 5.32 Å². The molecule has 0 bridgehead atoms. The van der Waals surface area contributed by atoms with Crippen LogP contribution in [0.25, 0.3) is 0 Å². The second-order valence-electron chi connectivity index (χ2n) is 5.27. The number of carboxylic acid groups (broad SMARTS) is 1. The summed E-state index contributed by atoms with van der Waals surface area (Å²) in [6, 6.07) is 4.51. The Labute approximate surface area is 134 Å². The van der Waals surface area contributed by atoms with Crippen molar-refractivity contribution in [1.29, 1.82) is 0 Å². The largest absolute Gasteiger partial charge is 0.481 e. The van der Waals surface area contributed by atoms with Gasteiger partial charge in [-0.3, -0.25) is 19.7 Å². The molecule has 0 radical (unpaired) electrons. The summed E-state index contributed by atoms with van der Waals surface area (Å²) in [5, 5.41) is 22.2. The number of aryl methyl sites for hydroxylation is 1. The Morgan fingerprint density at radius 2 is 1.91 bits per heavy atom. The lowest BCUT2D eigenvalue weighted by molar-refractivity contribution is -0.385. The van der Waals surface area contributed by atoms with Gasteiger partial charge in [-0.05, 0) is 25.3 Å². The zero-order valence-electron chi connectivity index (χ0n) is 13.2. The van der Waals surface area contributed by atoms with Crippen molar-refractivity contribution >= 4 is 17.6 Å². The SMILES string of the molecule is CCc1ccc(C(=O)NCCCCCCC(=O)O)cc1[N+](=O)[O-]. The number of rotatable bonds is 10. The summed E-state index contributed by atoms with van der Waals surface area (Å²) in [7, 11) is 0. The molecular weight excluding hydrogens is 300 g/mol. The average Bonchev–Trinajstić information content (AvgIpc) is 2.52. The van der Waals surface area contributed by atoms with Crippen LogP contribution >= 0.6 is 0 Å². The number of nitrogens with one attached hydrogen (secondary N) is 1. The van der Waals surface area contributed by atoms with Crippen molar-refractivity contribution in [2.24, 2.45) is 0 Å². The van der Waals surface area contributed by atoms with Crippen LogP contribution in [0.3, 0.4) is 0 Å². The maximum atomic E-state index is 12.0. The summed E-state index contributed by atoms with van der Waals surface area (Å²) >= 11 is 0. The molecule has 1 aromatic rings. The van der Waals surface area contributed by atoms with Crippen LogP contribution < -0.4 is 5.32 Å². The third-order valence-corrected chi connectivity index (χ3v) is 3.53. The van der Waals surface area contributed by atoms with Crippen LogP contribution in [0.1, 0.15) is 54.9 Å². The molecule has 0 atom stereocenters. The van der Waals surface area contributed by atoms with Gasteiger partial charge in [-0.15, -0.1) is 0 Å². The molecule has 1 amide bonds. The first-order valence-corrected chi connectivity index (χ1v) is 7.73. The van der Waals surface area contributed by atoms with Crippen LogP contribution in [0.5, 0.6) is 0 Å². The summed E-state index contributed by atoms with van der Waals surface area (Å²) in [6.07, 6.45) is 3.73. The van der Waals surface area contributed by atoms with Crippen LogP contribution in [0.4, 0.5) is 5.69 Å². The Balaban J connectivity index is 2.42. The van der Waals surface area contributed by atoms with E-state index in [4.69, 9.17) is 5.11 Å². The van der Waals surface area contributed by atoms with Gasteiger partial charge in [0, 0.05) is 30.2 Å². The van der Waals surface area contributed by atoms with Gasteiger partial charge in [0.2, 0.25) is 0 Å². The Bertz CT molecular complexity index is 572. The number of hydrogen-bond acceptors (Lipinski definition) is 4. The van der Waals surface area contributed by atoms with Gasteiger partial charge in [0.25, 0.3) is 11.6 Å². The average molecular weight is 322 g/mol. The minimum absolute atomic E-state index is 0.0335. The minimum Gasteiger partial charge on any atom is -0.481 e. The molecule has 0 unspecified atom stereocenters. The number of amides is 1. The molecule has 2 N–H and O–H groups in total. The van der Waals surface area contributed by atoms with E-state index in [-0.39, 0.29) is 23.6 Å². The minimum atomic E-state index is -0.796. The topological polar surface area (TPSA) is 110 Å². The summed E-state index contributed by atoms with van der Waals surface area (Å²) in [5.74, 6) is -1.13. The Hall–Kier alpha value is -2.44. The van der Waals surface area contributed by atoms with Gasteiger partial charge < -0.3 is 10.4 Å². The summed E-state index contributed by atoms with van der Waals surface area (Å²) in [5.41, 5.74) is 0.846. The standard InChI is InChI=1S/C16H22N2O5/c1-2-12-8-9-13(11-14(12)18(22)23)16(21)17-10-6-4-3-5-7-15(19)20/h8-9,11H,2-7,10H2,1H3,(H,17,21)(H,19,20). The first-order chi connectivity index (χ1) is 11.0. The van der Waals surface area contributed by atoms with E-state index in [1.165, 1.54) is 6.07 Å². The van der Waals surface area contributed by atoms with Crippen molar-refractivity contribution in [3.8, 4) is 0 Å². The van der Waals surface area contributed by atoms with E-state index in [0.29, 0.717) is 24.9 Å². The molecule has 0 fully saturated rings. The fourth-order valence-electron chi connectivity index (χ4n) is 2.23. The molecule has 23 heavy (non-hydrogen) atoms. The lowest BCUT2D eigenvalue weighted by Gasteiger charge is -2.06. The first-order valence-electron chi connectivity index (χ1n) is 7.73. The van der Waals surface area contributed by atoms with Gasteiger partial charge >= 0.3 is 5.97 Å². The Morgan fingerprint density at radius 3 is 2.52 bits per heavy atom. The zero-order chi connectivity index (χ0) is 17.2. The van der Waals surface area contributed by atoms with Gasteiger partial charge in [-0.25, -0.2) is 0 Å². The van der Waals surface area contributed by atoms with E-state index in [2.05, 4.69) is 5.32 Å². The second-order valence-corrected chi connectivity index (χ2v) is 5.27. The third-order valence-electron chi connectivity index (χ3n) is 3.53. The maximum Gasteiger partial charge on any atom is 0.303 e. The lowest BCUT2D eigenvalue weighted by atomic mass is 10.1. The third kappa shape index (κ3) is 6.46. The van der Waals surface area contributed by atoms with Gasteiger partial charge in [0.05, 0.1) is 4.92 Å². The summed E-state index contributed by atoms with van der Waals surface area (Å²) < 4.78 is 0. The van der Waals surface area contributed by atoms with E-state index in [1.807, 2.05) is 6.92 Å².